The van der Waals surface area contributed by atoms with Gasteiger partial charge in [-0.3, -0.25) is 0 Å². The van der Waals surface area contributed by atoms with Crippen molar-refractivity contribution >= 4 is 5.97 Å². The lowest BCUT2D eigenvalue weighted by atomic mass is 10.3. The van der Waals surface area contributed by atoms with Crippen LogP contribution in [0.25, 0.3) is 0 Å². The molecular formula is C12H22O4. The molecule has 2 unspecified atom stereocenters. The molecule has 0 fully saturated rings. The van der Waals surface area contributed by atoms with Crippen LogP contribution in [-0.2, 0) is 19.0 Å². The van der Waals surface area contributed by atoms with Gasteiger partial charge in [-0.1, -0.05) is 6.58 Å². The molecule has 0 saturated carbocycles. The monoisotopic (exact) mass is 230 g/mol. The van der Waals surface area contributed by atoms with Gasteiger partial charge in [-0.15, -0.1) is 0 Å². The lowest BCUT2D eigenvalue weighted by Gasteiger charge is -2.17. The van der Waals surface area contributed by atoms with Gasteiger partial charge in [0.25, 0.3) is 0 Å². The van der Waals surface area contributed by atoms with Gasteiger partial charge in [-0.2, -0.15) is 0 Å². The predicted molar refractivity (Wildman–Crippen MR) is 62.3 cm³/mol. The number of carbonyl (C=O) groups is 1. The molecule has 0 aromatic carbocycles. The van der Waals surface area contributed by atoms with E-state index in [-0.39, 0.29) is 24.8 Å². The second kappa shape index (κ2) is 8.30. The van der Waals surface area contributed by atoms with E-state index in [1.54, 1.807) is 6.92 Å². The van der Waals surface area contributed by atoms with E-state index in [2.05, 4.69) is 6.58 Å². The van der Waals surface area contributed by atoms with E-state index in [1.165, 1.54) is 0 Å². The summed E-state index contributed by atoms with van der Waals surface area (Å²) in [5.74, 6) is -0.381. The Balaban J connectivity index is 3.62. The second-order valence-corrected chi connectivity index (χ2v) is 3.79. The molecule has 0 aliphatic carbocycles. The van der Waals surface area contributed by atoms with Crippen molar-refractivity contribution in [3.8, 4) is 0 Å². The molecule has 0 aromatic heterocycles. The Labute approximate surface area is 97.6 Å². The average molecular weight is 230 g/mol. The predicted octanol–water partition coefficient (Wildman–Crippen LogP) is 1.94. The molecule has 16 heavy (non-hydrogen) atoms. The first kappa shape index (κ1) is 15.1. The molecule has 0 heterocycles. The quantitative estimate of drug-likeness (QED) is 0.472. The summed E-state index contributed by atoms with van der Waals surface area (Å²) >= 11 is 0. The summed E-state index contributed by atoms with van der Waals surface area (Å²) in [5, 5.41) is 0. The van der Waals surface area contributed by atoms with E-state index in [0.717, 1.165) is 0 Å². The van der Waals surface area contributed by atoms with E-state index >= 15 is 0 Å². The van der Waals surface area contributed by atoms with Crippen molar-refractivity contribution < 1.29 is 19.0 Å². The highest BCUT2D eigenvalue weighted by Gasteiger charge is 2.09. The van der Waals surface area contributed by atoms with Gasteiger partial charge >= 0.3 is 5.97 Å². The number of rotatable bonds is 8. The Bertz CT molecular complexity index is 225. The Morgan fingerprint density at radius 3 is 2.25 bits per heavy atom. The summed E-state index contributed by atoms with van der Waals surface area (Å²) in [6.45, 7) is 12.3. The van der Waals surface area contributed by atoms with Crippen LogP contribution in [0.1, 0.15) is 27.7 Å². The standard InChI is InChI=1S/C12H22O4/c1-6-14-10(4)7-15-11(5)8-16-12(13)9(2)3/h10-11H,2,6-8H2,1,3-5H3. The van der Waals surface area contributed by atoms with Crippen LogP contribution < -0.4 is 0 Å². The van der Waals surface area contributed by atoms with Gasteiger partial charge in [0.05, 0.1) is 18.8 Å². The Kier molecular flexibility index (Phi) is 7.85. The van der Waals surface area contributed by atoms with E-state index in [1.807, 2.05) is 20.8 Å². The molecular weight excluding hydrogens is 208 g/mol. The van der Waals surface area contributed by atoms with Crippen LogP contribution in [0.5, 0.6) is 0 Å². The summed E-state index contributed by atoms with van der Waals surface area (Å²) < 4.78 is 15.7. The third-order valence-corrected chi connectivity index (χ3v) is 1.86. The first-order valence-electron chi connectivity index (χ1n) is 5.53. The average Bonchev–Trinajstić information content (AvgIpc) is 2.23. The van der Waals surface area contributed by atoms with Crippen molar-refractivity contribution in [3.05, 3.63) is 12.2 Å². The second-order valence-electron chi connectivity index (χ2n) is 3.79. The maximum absolute atomic E-state index is 11.1. The van der Waals surface area contributed by atoms with Crippen molar-refractivity contribution in [2.45, 2.75) is 39.9 Å². The largest absolute Gasteiger partial charge is 0.460 e. The van der Waals surface area contributed by atoms with Crippen LogP contribution in [0.15, 0.2) is 12.2 Å². The Hall–Kier alpha value is -0.870. The van der Waals surface area contributed by atoms with Crippen molar-refractivity contribution in [3.63, 3.8) is 0 Å². The van der Waals surface area contributed by atoms with Gasteiger partial charge in [-0.05, 0) is 27.7 Å². The normalized spacial score (nSPS) is 14.2. The van der Waals surface area contributed by atoms with Crippen molar-refractivity contribution in [1.82, 2.24) is 0 Å². The van der Waals surface area contributed by atoms with Crippen molar-refractivity contribution in [2.75, 3.05) is 19.8 Å². The molecule has 0 saturated heterocycles. The molecule has 0 bridgehead atoms. The van der Waals surface area contributed by atoms with E-state index in [0.29, 0.717) is 18.8 Å². The van der Waals surface area contributed by atoms with Crippen molar-refractivity contribution in [1.29, 1.82) is 0 Å². The summed E-state index contributed by atoms with van der Waals surface area (Å²) in [5.41, 5.74) is 0.398. The van der Waals surface area contributed by atoms with E-state index in [4.69, 9.17) is 14.2 Å². The minimum absolute atomic E-state index is 0.0595. The van der Waals surface area contributed by atoms with Crippen LogP contribution in [-0.4, -0.2) is 38.0 Å². The van der Waals surface area contributed by atoms with Gasteiger partial charge in [0, 0.05) is 12.2 Å². The van der Waals surface area contributed by atoms with Crippen molar-refractivity contribution in [2.24, 2.45) is 0 Å². The summed E-state index contributed by atoms with van der Waals surface area (Å²) in [6, 6.07) is 0. The van der Waals surface area contributed by atoms with E-state index < -0.39 is 0 Å². The number of esters is 1. The lowest BCUT2D eigenvalue weighted by molar-refractivity contribution is -0.143. The minimum atomic E-state index is -0.381. The van der Waals surface area contributed by atoms with Crippen LogP contribution in [0.3, 0.4) is 0 Å². The molecule has 94 valence electrons. The molecule has 0 N–H and O–H groups in total. The highest BCUT2D eigenvalue weighted by Crippen LogP contribution is 1.99. The highest BCUT2D eigenvalue weighted by molar-refractivity contribution is 5.86. The van der Waals surface area contributed by atoms with Gasteiger partial charge in [0.15, 0.2) is 0 Å². The van der Waals surface area contributed by atoms with E-state index in [9.17, 15) is 4.79 Å². The van der Waals surface area contributed by atoms with Crippen LogP contribution in [0, 0.1) is 0 Å². The number of ether oxygens (including phenoxy) is 3. The fourth-order valence-electron chi connectivity index (χ4n) is 0.997. The molecule has 0 aromatic rings. The lowest BCUT2D eigenvalue weighted by Crippen LogP contribution is -2.24. The number of hydrogen-bond acceptors (Lipinski definition) is 4. The van der Waals surface area contributed by atoms with Gasteiger partial charge < -0.3 is 14.2 Å². The molecule has 4 heteroatoms. The fourth-order valence-corrected chi connectivity index (χ4v) is 0.997. The molecule has 0 aliphatic rings. The topological polar surface area (TPSA) is 44.8 Å². The summed E-state index contributed by atoms with van der Waals surface area (Å²) in [7, 11) is 0. The van der Waals surface area contributed by atoms with Crippen LogP contribution in [0.4, 0.5) is 0 Å². The molecule has 2 atom stereocenters. The summed E-state index contributed by atoms with van der Waals surface area (Å²) in [4.78, 5) is 11.1. The minimum Gasteiger partial charge on any atom is -0.460 e. The molecule has 0 amide bonds. The molecule has 4 nitrogen and oxygen atoms in total. The maximum Gasteiger partial charge on any atom is 0.333 e. The first-order chi connectivity index (χ1) is 7.47. The third kappa shape index (κ3) is 7.43. The zero-order chi connectivity index (χ0) is 12.6. The number of carbonyl (C=O) groups excluding carboxylic acids is 1. The first-order valence-corrected chi connectivity index (χ1v) is 5.53. The SMILES string of the molecule is C=C(C)C(=O)OCC(C)OCC(C)OCC. The maximum atomic E-state index is 11.1. The highest BCUT2D eigenvalue weighted by atomic mass is 16.6. The molecule has 0 aliphatic heterocycles. The molecule has 0 radical (unpaired) electrons. The number of hydrogen-bond donors (Lipinski definition) is 0. The van der Waals surface area contributed by atoms with Gasteiger partial charge in [0.2, 0.25) is 0 Å². The Morgan fingerprint density at radius 1 is 1.19 bits per heavy atom. The van der Waals surface area contributed by atoms with Crippen LogP contribution in [0.2, 0.25) is 0 Å². The zero-order valence-corrected chi connectivity index (χ0v) is 10.6. The van der Waals surface area contributed by atoms with Crippen LogP contribution >= 0.6 is 0 Å². The molecule has 0 rings (SSSR count). The third-order valence-electron chi connectivity index (χ3n) is 1.86. The van der Waals surface area contributed by atoms with Gasteiger partial charge in [-0.25, -0.2) is 4.79 Å². The molecule has 0 spiro atoms. The van der Waals surface area contributed by atoms with Gasteiger partial charge in [0.1, 0.15) is 6.61 Å². The smallest absolute Gasteiger partial charge is 0.333 e. The summed E-state index contributed by atoms with van der Waals surface area (Å²) in [6.07, 6.45) is -0.0736. The zero-order valence-electron chi connectivity index (χ0n) is 10.6. The fraction of sp³-hybridized carbons (Fsp3) is 0.750. The Morgan fingerprint density at radius 2 is 1.75 bits per heavy atom.